The third kappa shape index (κ3) is 3.45. The Morgan fingerprint density at radius 1 is 0.933 bits per heavy atom. The van der Waals surface area contributed by atoms with Crippen molar-refractivity contribution in [2.24, 2.45) is 5.92 Å². The lowest BCUT2D eigenvalue weighted by atomic mass is 9.85. The normalized spacial score (nSPS) is 33.8. The molecule has 3 aliphatic heterocycles. The number of halogens is 1. The van der Waals surface area contributed by atoms with Gasteiger partial charge in [0.25, 0.3) is 0 Å². The van der Waals surface area contributed by atoms with Gasteiger partial charge in [-0.1, -0.05) is 19.8 Å². The molecule has 0 amide bonds. The fraction of sp³-hybridized carbons (Fsp3) is 1.00. The summed E-state index contributed by atoms with van der Waals surface area (Å²) in [6, 6.07) is 0. The van der Waals surface area contributed by atoms with Crippen LogP contribution in [0.2, 0.25) is 0 Å². The Labute approximate surface area is 106 Å². The van der Waals surface area contributed by atoms with Crippen LogP contribution in [0.25, 0.3) is 0 Å². The van der Waals surface area contributed by atoms with Crippen molar-refractivity contribution in [3.8, 4) is 0 Å². The first-order valence-electron chi connectivity index (χ1n) is 6.70. The summed E-state index contributed by atoms with van der Waals surface area (Å²) in [4.78, 5) is 0. The van der Waals surface area contributed by atoms with E-state index in [2.05, 4.69) is 6.92 Å². The second kappa shape index (κ2) is 6.24. The number of fused-ring (bicyclic) bond motifs is 3. The quantitative estimate of drug-likeness (QED) is 0.497. The van der Waals surface area contributed by atoms with Crippen LogP contribution in [0.5, 0.6) is 0 Å². The summed E-state index contributed by atoms with van der Waals surface area (Å²) in [5, 5.41) is 0. The minimum absolute atomic E-state index is 0. The SMILES string of the molecule is CCCCCC[N+]12CCC(CC1)CC2.[Br-]. The topological polar surface area (TPSA) is 0 Å². The summed E-state index contributed by atoms with van der Waals surface area (Å²) in [5.74, 6) is 1.12. The van der Waals surface area contributed by atoms with Crippen molar-refractivity contribution in [3.63, 3.8) is 0 Å². The number of hydrogen-bond acceptors (Lipinski definition) is 0. The number of unbranched alkanes of at least 4 members (excludes halogenated alkanes) is 3. The van der Waals surface area contributed by atoms with Gasteiger partial charge in [-0.2, -0.15) is 0 Å². The molecule has 0 spiro atoms. The average molecular weight is 276 g/mol. The smallest absolute Gasteiger partial charge is 0.0789 e. The van der Waals surface area contributed by atoms with Crippen LogP contribution < -0.4 is 17.0 Å². The zero-order chi connectivity index (χ0) is 9.86. The molecular weight excluding hydrogens is 250 g/mol. The summed E-state index contributed by atoms with van der Waals surface area (Å²) < 4.78 is 1.50. The molecule has 3 fully saturated rings. The first-order valence-corrected chi connectivity index (χ1v) is 6.70. The number of rotatable bonds is 5. The lowest BCUT2D eigenvalue weighted by Crippen LogP contribution is -3.00. The zero-order valence-electron chi connectivity index (χ0n) is 10.2. The van der Waals surface area contributed by atoms with Gasteiger partial charge in [-0.25, -0.2) is 0 Å². The Hall–Kier alpha value is 0.440. The monoisotopic (exact) mass is 275 g/mol. The molecule has 3 rings (SSSR count). The van der Waals surface area contributed by atoms with Gasteiger partial charge in [-0.15, -0.1) is 0 Å². The predicted octanol–water partition coefficient (Wildman–Crippen LogP) is 0.201. The Morgan fingerprint density at radius 3 is 2.07 bits per heavy atom. The molecule has 1 nitrogen and oxygen atoms in total. The van der Waals surface area contributed by atoms with Crippen molar-refractivity contribution in [3.05, 3.63) is 0 Å². The van der Waals surface area contributed by atoms with E-state index in [0.717, 1.165) is 5.92 Å². The Balaban J connectivity index is 0.00000112. The fourth-order valence-corrected chi connectivity index (χ4v) is 3.35. The van der Waals surface area contributed by atoms with E-state index >= 15 is 0 Å². The first kappa shape index (κ1) is 13.5. The van der Waals surface area contributed by atoms with E-state index < -0.39 is 0 Å². The molecule has 2 bridgehead atoms. The van der Waals surface area contributed by atoms with Gasteiger partial charge in [0.2, 0.25) is 0 Å². The lowest BCUT2D eigenvalue weighted by molar-refractivity contribution is -0.942. The first-order chi connectivity index (χ1) is 6.85. The third-order valence-electron chi connectivity index (χ3n) is 4.52. The van der Waals surface area contributed by atoms with Crippen LogP contribution in [0.3, 0.4) is 0 Å². The van der Waals surface area contributed by atoms with Crippen molar-refractivity contribution in [2.45, 2.75) is 51.9 Å². The van der Waals surface area contributed by atoms with E-state index in [1.807, 2.05) is 0 Å². The second-order valence-electron chi connectivity index (χ2n) is 5.53. The minimum Gasteiger partial charge on any atom is -1.00 e. The van der Waals surface area contributed by atoms with Crippen molar-refractivity contribution >= 4 is 0 Å². The highest BCUT2D eigenvalue weighted by atomic mass is 79.9. The van der Waals surface area contributed by atoms with Gasteiger partial charge in [0.05, 0.1) is 26.2 Å². The van der Waals surface area contributed by atoms with Gasteiger partial charge >= 0.3 is 0 Å². The standard InChI is InChI=1S/C13H26N.BrH/c1-2-3-4-5-9-14-10-6-13(7-11-14)8-12-14;/h13H,2-12H2,1H3;1H/q+1;/p-1. The molecule has 0 unspecified atom stereocenters. The molecule has 0 aromatic heterocycles. The Kier molecular flexibility index (Phi) is 5.62. The maximum Gasteiger partial charge on any atom is 0.0789 e. The molecule has 0 atom stereocenters. The second-order valence-corrected chi connectivity index (χ2v) is 5.53. The van der Waals surface area contributed by atoms with Crippen LogP contribution >= 0.6 is 0 Å². The Morgan fingerprint density at radius 2 is 1.53 bits per heavy atom. The molecule has 0 radical (unpaired) electrons. The van der Waals surface area contributed by atoms with Crippen molar-refractivity contribution < 1.29 is 21.5 Å². The molecule has 0 N–H and O–H groups in total. The highest BCUT2D eigenvalue weighted by Crippen LogP contribution is 2.33. The molecular formula is C13H26BrN. The summed E-state index contributed by atoms with van der Waals surface area (Å²) >= 11 is 0. The third-order valence-corrected chi connectivity index (χ3v) is 4.52. The molecule has 90 valence electrons. The molecule has 0 aliphatic carbocycles. The van der Waals surface area contributed by atoms with E-state index in [4.69, 9.17) is 0 Å². The van der Waals surface area contributed by atoms with E-state index in [1.165, 1.54) is 75.6 Å². The van der Waals surface area contributed by atoms with Gasteiger partial charge in [-0.3, -0.25) is 0 Å². The summed E-state index contributed by atoms with van der Waals surface area (Å²) in [5.41, 5.74) is 0. The summed E-state index contributed by atoms with van der Waals surface area (Å²) in [6.07, 6.45) is 10.4. The van der Waals surface area contributed by atoms with Crippen LogP contribution in [-0.2, 0) is 0 Å². The van der Waals surface area contributed by atoms with Gasteiger partial charge in [0.1, 0.15) is 0 Å². The molecule has 0 aromatic carbocycles. The maximum atomic E-state index is 2.30. The molecule has 0 saturated carbocycles. The molecule has 3 aliphatic rings. The van der Waals surface area contributed by atoms with E-state index in [1.54, 1.807) is 0 Å². The van der Waals surface area contributed by atoms with Gasteiger partial charge < -0.3 is 21.5 Å². The van der Waals surface area contributed by atoms with Crippen LogP contribution in [0.4, 0.5) is 0 Å². The van der Waals surface area contributed by atoms with Crippen LogP contribution in [0.15, 0.2) is 0 Å². The van der Waals surface area contributed by atoms with Gasteiger partial charge in [-0.05, 0) is 38.0 Å². The summed E-state index contributed by atoms with van der Waals surface area (Å²) in [7, 11) is 0. The number of piperidine rings is 3. The highest BCUT2D eigenvalue weighted by molar-refractivity contribution is 4.71. The van der Waals surface area contributed by atoms with Gasteiger partial charge in [0, 0.05) is 0 Å². The van der Waals surface area contributed by atoms with Crippen LogP contribution in [0.1, 0.15) is 51.9 Å². The molecule has 2 heteroatoms. The number of quaternary nitrogens is 1. The van der Waals surface area contributed by atoms with Crippen molar-refractivity contribution in [1.82, 2.24) is 0 Å². The molecule has 3 saturated heterocycles. The minimum atomic E-state index is 0. The number of hydrogen-bond donors (Lipinski definition) is 0. The highest BCUT2D eigenvalue weighted by Gasteiger charge is 2.38. The van der Waals surface area contributed by atoms with E-state index in [9.17, 15) is 0 Å². The maximum absolute atomic E-state index is 2.30. The van der Waals surface area contributed by atoms with Gasteiger partial charge in [0.15, 0.2) is 0 Å². The van der Waals surface area contributed by atoms with Crippen LogP contribution in [-0.4, -0.2) is 30.7 Å². The molecule has 0 aromatic rings. The average Bonchev–Trinajstić information content (AvgIpc) is 2.27. The molecule has 3 heterocycles. The van der Waals surface area contributed by atoms with Crippen LogP contribution in [0, 0.1) is 5.92 Å². The van der Waals surface area contributed by atoms with E-state index in [0.29, 0.717) is 0 Å². The zero-order valence-corrected chi connectivity index (χ0v) is 11.8. The Bertz CT molecular complexity index is 160. The number of nitrogens with zero attached hydrogens (tertiary/aromatic N) is 1. The largest absolute Gasteiger partial charge is 1.00 e. The summed E-state index contributed by atoms with van der Waals surface area (Å²) in [6.45, 7) is 8.33. The van der Waals surface area contributed by atoms with E-state index in [-0.39, 0.29) is 17.0 Å². The van der Waals surface area contributed by atoms with Crippen molar-refractivity contribution in [2.75, 3.05) is 26.2 Å². The van der Waals surface area contributed by atoms with Crippen molar-refractivity contribution in [1.29, 1.82) is 0 Å². The fourth-order valence-electron chi connectivity index (χ4n) is 3.35. The predicted molar refractivity (Wildman–Crippen MR) is 61.2 cm³/mol. The lowest BCUT2D eigenvalue weighted by Gasteiger charge is -2.49. The molecule has 15 heavy (non-hydrogen) atoms.